The summed E-state index contributed by atoms with van der Waals surface area (Å²) in [6, 6.07) is 0. The van der Waals surface area contributed by atoms with Crippen molar-refractivity contribution < 1.29 is 0 Å². The highest BCUT2D eigenvalue weighted by molar-refractivity contribution is 4.99. The topological polar surface area (TPSA) is 38.0 Å². The molecular weight excluding hydrogens is 256 g/mol. The van der Waals surface area contributed by atoms with Gasteiger partial charge in [0.25, 0.3) is 0 Å². The maximum Gasteiger partial charge on any atom is 0.0304 e. The van der Waals surface area contributed by atoms with Crippen LogP contribution in [0, 0.1) is 29.1 Å². The molecule has 3 fully saturated rings. The summed E-state index contributed by atoms with van der Waals surface area (Å²) < 4.78 is 0. The first kappa shape index (κ1) is 15.8. The summed E-state index contributed by atoms with van der Waals surface area (Å²) >= 11 is 0. The Morgan fingerprint density at radius 1 is 1.00 bits per heavy atom. The first-order valence-electron chi connectivity index (χ1n) is 9.39. The highest BCUT2D eigenvalue weighted by Crippen LogP contribution is 2.49. The van der Waals surface area contributed by atoms with Gasteiger partial charge in [-0.05, 0) is 87.0 Å². The summed E-state index contributed by atoms with van der Waals surface area (Å²) in [6.45, 7) is 9.27. The zero-order valence-corrected chi connectivity index (χ0v) is 14.5. The molecule has 3 aliphatic rings. The molecule has 0 spiro atoms. The minimum atomic E-state index is 0.254. The zero-order chi connectivity index (χ0) is 15.1. The van der Waals surface area contributed by atoms with Crippen LogP contribution in [-0.2, 0) is 0 Å². The van der Waals surface area contributed by atoms with Gasteiger partial charge in [0, 0.05) is 12.1 Å². The molecule has 0 bridgehead atoms. The summed E-state index contributed by atoms with van der Waals surface area (Å²) in [6.07, 6.45) is 11.2. The van der Waals surface area contributed by atoms with Crippen molar-refractivity contribution in [2.75, 3.05) is 13.1 Å². The Balaban J connectivity index is 1.52. The van der Waals surface area contributed by atoms with Crippen molar-refractivity contribution >= 4 is 0 Å². The van der Waals surface area contributed by atoms with Crippen LogP contribution in [0.1, 0.15) is 72.1 Å². The Labute approximate surface area is 131 Å². The minimum absolute atomic E-state index is 0.254. The molecule has 2 nitrogen and oxygen atoms in total. The van der Waals surface area contributed by atoms with Crippen LogP contribution in [0.4, 0.5) is 0 Å². The standard InChI is InChI=1S/C19H36N2/c1-18(2,3)16-8-10-19(13-20,11-9-16)21-12-17(14-4-5-14)15-6-7-15/h14-17,21H,4-13,20H2,1-3H3. The van der Waals surface area contributed by atoms with Gasteiger partial charge in [-0.1, -0.05) is 20.8 Å². The second-order valence-electron chi connectivity index (χ2n) is 9.34. The van der Waals surface area contributed by atoms with E-state index in [1.165, 1.54) is 57.9 Å². The van der Waals surface area contributed by atoms with Crippen LogP contribution in [0.15, 0.2) is 0 Å². The molecule has 0 aliphatic heterocycles. The molecule has 0 aromatic carbocycles. The molecule has 0 aromatic rings. The molecule has 3 N–H and O–H groups in total. The van der Waals surface area contributed by atoms with Crippen molar-refractivity contribution in [2.24, 2.45) is 34.8 Å². The molecule has 21 heavy (non-hydrogen) atoms. The molecule has 122 valence electrons. The predicted octanol–water partition coefficient (Wildman–Crippen LogP) is 3.95. The summed E-state index contributed by atoms with van der Waals surface area (Å²) in [7, 11) is 0. The average Bonchev–Trinajstić information content (AvgIpc) is 3.32. The fourth-order valence-corrected chi connectivity index (χ4v) is 4.59. The molecule has 3 aliphatic carbocycles. The van der Waals surface area contributed by atoms with E-state index in [4.69, 9.17) is 5.73 Å². The van der Waals surface area contributed by atoms with Crippen molar-refractivity contribution in [3.8, 4) is 0 Å². The van der Waals surface area contributed by atoms with Crippen molar-refractivity contribution in [1.29, 1.82) is 0 Å². The molecular formula is C19H36N2. The van der Waals surface area contributed by atoms with Gasteiger partial charge in [0.15, 0.2) is 0 Å². The summed E-state index contributed by atoms with van der Waals surface area (Å²) in [5.41, 5.74) is 6.92. The lowest BCUT2D eigenvalue weighted by atomic mass is 9.67. The van der Waals surface area contributed by atoms with E-state index in [-0.39, 0.29) is 5.54 Å². The predicted molar refractivity (Wildman–Crippen MR) is 90.1 cm³/mol. The lowest BCUT2D eigenvalue weighted by Crippen LogP contribution is -2.55. The number of rotatable bonds is 6. The Morgan fingerprint density at radius 3 is 1.90 bits per heavy atom. The smallest absolute Gasteiger partial charge is 0.0304 e. The van der Waals surface area contributed by atoms with Crippen LogP contribution in [-0.4, -0.2) is 18.6 Å². The van der Waals surface area contributed by atoms with Gasteiger partial charge in [-0.15, -0.1) is 0 Å². The molecule has 0 atom stereocenters. The molecule has 2 heteroatoms. The Kier molecular flexibility index (Phi) is 4.40. The van der Waals surface area contributed by atoms with E-state index in [0.717, 1.165) is 30.2 Å². The van der Waals surface area contributed by atoms with Gasteiger partial charge in [-0.2, -0.15) is 0 Å². The maximum absolute atomic E-state index is 6.20. The number of hydrogen-bond acceptors (Lipinski definition) is 2. The van der Waals surface area contributed by atoms with E-state index in [2.05, 4.69) is 26.1 Å². The maximum atomic E-state index is 6.20. The van der Waals surface area contributed by atoms with Crippen LogP contribution in [0.2, 0.25) is 0 Å². The third kappa shape index (κ3) is 3.82. The fourth-order valence-electron chi connectivity index (χ4n) is 4.59. The molecule has 0 radical (unpaired) electrons. The summed E-state index contributed by atoms with van der Waals surface area (Å²) in [5, 5.41) is 3.97. The minimum Gasteiger partial charge on any atom is -0.329 e. The van der Waals surface area contributed by atoms with Crippen LogP contribution in [0.5, 0.6) is 0 Å². The highest BCUT2D eigenvalue weighted by atomic mass is 15.0. The molecule has 0 unspecified atom stereocenters. The Morgan fingerprint density at radius 2 is 1.52 bits per heavy atom. The van der Waals surface area contributed by atoms with E-state index in [1.807, 2.05) is 0 Å². The van der Waals surface area contributed by atoms with E-state index in [9.17, 15) is 0 Å². The number of nitrogens with one attached hydrogen (secondary N) is 1. The second-order valence-corrected chi connectivity index (χ2v) is 9.34. The lowest BCUT2D eigenvalue weighted by Gasteiger charge is -2.45. The third-order valence-corrected chi connectivity index (χ3v) is 6.73. The van der Waals surface area contributed by atoms with Crippen LogP contribution in [0.25, 0.3) is 0 Å². The van der Waals surface area contributed by atoms with Crippen LogP contribution in [0.3, 0.4) is 0 Å². The van der Waals surface area contributed by atoms with Crippen molar-refractivity contribution in [3.05, 3.63) is 0 Å². The van der Waals surface area contributed by atoms with E-state index in [0.29, 0.717) is 5.41 Å². The fraction of sp³-hybridized carbons (Fsp3) is 1.00. The van der Waals surface area contributed by atoms with Gasteiger partial charge in [-0.3, -0.25) is 0 Å². The Hall–Kier alpha value is -0.0800. The SMILES string of the molecule is CC(C)(C)C1CCC(CN)(NCC(C2CC2)C2CC2)CC1. The molecule has 0 aromatic heterocycles. The largest absolute Gasteiger partial charge is 0.329 e. The quantitative estimate of drug-likeness (QED) is 0.778. The molecule has 0 heterocycles. The third-order valence-electron chi connectivity index (χ3n) is 6.73. The van der Waals surface area contributed by atoms with E-state index >= 15 is 0 Å². The van der Waals surface area contributed by atoms with Gasteiger partial charge in [-0.25, -0.2) is 0 Å². The second kappa shape index (κ2) is 5.85. The van der Waals surface area contributed by atoms with E-state index < -0.39 is 0 Å². The van der Waals surface area contributed by atoms with E-state index in [1.54, 1.807) is 0 Å². The number of nitrogens with two attached hydrogens (primary N) is 1. The summed E-state index contributed by atoms with van der Waals surface area (Å²) in [4.78, 5) is 0. The first-order valence-corrected chi connectivity index (χ1v) is 9.39. The molecule has 0 amide bonds. The van der Waals surface area contributed by atoms with Gasteiger partial charge in [0.05, 0.1) is 0 Å². The van der Waals surface area contributed by atoms with Gasteiger partial charge >= 0.3 is 0 Å². The van der Waals surface area contributed by atoms with Crippen LogP contribution >= 0.6 is 0 Å². The Bertz CT molecular complexity index is 329. The average molecular weight is 293 g/mol. The first-order chi connectivity index (χ1) is 9.93. The monoisotopic (exact) mass is 292 g/mol. The zero-order valence-electron chi connectivity index (χ0n) is 14.5. The lowest BCUT2D eigenvalue weighted by molar-refractivity contribution is 0.112. The highest BCUT2D eigenvalue weighted by Gasteiger charge is 2.43. The molecule has 3 saturated carbocycles. The van der Waals surface area contributed by atoms with Crippen molar-refractivity contribution in [3.63, 3.8) is 0 Å². The van der Waals surface area contributed by atoms with Crippen molar-refractivity contribution in [2.45, 2.75) is 77.7 Å². The van der Waals surface area contributed by atoms with Gasteiger partial charge in [0.2, 0.25) is 0 Å². The summed E-state index contributed by atoms with van der Waals surface area (Å²) in [5.74, 6) is 3.94. The normalized spacial score (nSPS) is 34.4. The molecule has 0 saturated heterocycles. The molecule has 3 rings (SSSR count). The van der Waals surface area contributed by atoms with Crippen LogP contribution < -0.4 is 11.1 Å². The number of hydrogen-bond donors (Lipinski definition) is 2. The van der Waals surface area contributed by atoms with Crippen molar-refractivity contribution in [1.82, 2.24) is 5.32 Å². The van der Waals surface area contributed by atoms with Gasteiger partial charge in [0.1, 0.15) is 0 Å². The van der Waals surface area contributed by atoms with Gasteiger partial charge < -0.3 is 11.1 Å².